The lowest BCUT2D eigenvalue weighted by Crippen LogP contribution is -2.42. The van der Waals surface area contributed by atoms with Crippen molar-refractivity contribution in [3.63, 3.8) is 0 Å². The van der Waals surface area contributed by atoms with Gasteiger partial charge in [-0.05, 0) is 24.6 Å². The molecule has 2 heterocycles. The molecule has 1 aromatic heterocycles. The van der Waals surface area contributed by atoms with Gasteiger partial charge in [0.1, 0.15) is 5.52 Å². The maximum Gasteiger partial charge on any atom is 0.197 e. The number of oxazole rings is 1. The van der Waals surface area contributed by atoms with Crippen LogP contribution in [-0.4, -0.2) is 30.8 Å². The molecule has 0 radical (unpaired) electrons. The number of ether oxygens (including phenoxy) is 1. The Balaban J connectivity index is 1.86. The third kappa shape index (κ3) is 2.36. The molecule has 0 amide bonds. The van der Waals surface area contributed by atoms with Crippen LogP contribution >= 0.6 is 11.6 Å². The Morgan fingerprint density at radius 1 is 1.50 bits per heavy atom. The maximum absolute atomic E-state index is 6.01. The van der Waals surface area contributed by atoms with Gasteiger partial charge in [0.2, 0.25) is 0 Å². The van der Waals surface area contributed by atoms with Crippen molar-refractivity contribution < 1.29 is 9.15 Å². The van der Waals surface area contributed by atoms with E-state index in [4.69, 9.17) is 20.8 Å². The van der Waals surface area contributed by atoms with Crippen molar-refractivity contribution in [1.29, 1.82) is 0 Å². The molecule has 1 atom stereocenters. The zero-order valence-electron chi connectivity index (χ0n) is 10.2. The summed E-state index contributed by atoms with van der Waals surface area (Å²) in [7, 11) is 0. The van der Waals surface area contributed by atoms with Gasteiger partial charge in [-0.3, -0.25) is 0 Å². The Morgan fingerprint density at radius 3 is 3.17 bits per heavy atom. The molecular formula is C13H15ClN2O2. The average molecular weight is 267 g/mol. The van der Waals surface area contributed by atoms with E-state index >= 15 is 0 Å². The van der Waals surface area contributed by atoms with Gasteiger partial charge in [-0.2, -0.15) is 0 Å². The lowest BCUT2D eigenvalue weighted by Gasteiger charge is -2.22. The molecule has 1 aliphatic heterocycles. The van der Waals surface area contributed by atoms with Gasteiger partial charge in [0.25, 0.3) is 0 Å². The number of nitrogens with one attached hydrogen (secondary N) is 1. The molecule has 0 aliphatic carbocycles. The molecule has 5 heteroatoms. The molecule has 1 aliphatic rings. The quantitative estimate of drug-likeness (QED) is 0.906. The van der Waals surface area contributed by atoms with E-state index in [9.17, 15) is 0 Å². The fraction of sp³-hybridized carbons (Fsp3) is 0.462. The van der Waals surface area contributed by atoms with Crippen LogP contribution in [0.4, 0.5) is 0 Å². The second-order valence-electron chi connectivity index (χ2n) is 4.61. The molecular weight excluding hydrogens is 252 g/mol. The zero-order valence-corrected chi connectivity index (χ0v) is 11.0. The van der Waals surface area contributed by atoms with E-state index in [1.54, 1.807) is 0 Å². The number of halogens is 1. The third-order valence-electron chi connectivity index (χ3n) is 3.10. The minimum absolute atomic E-state index is 0.280. The van der Waals surface area contributed by atoms with Crippen LogP contribution in [0.2, 0.25) is 5.02 Å². The van der Waals surface area contributed by atoms with Gasteiger partial charge >= 0.3 is 0 Å². The van der Waals surface area contributed by atoms with Crippen LogP contribution in [0, 0.1) is 6.92 Å². The zero-order chi connectivity index (χ0) is 12.5. The lowest BCUT2D eigenvalue weighted by molar-refractivity contribution is 0.0751. The number of hydrogen-bond donors (Lipinski definition) is 1. The summed E-state index contributed by atoms with van der Waals surface area (Å²) >= 11 is 6.01. The van der Waals surface area contributed by atoms with Crippen LogP contribution in [0.1, 0.15) is 11.5 Å². The van der Waals surface area contributed by atoms with E-state index in [0.717, 1.165) is 42.1 Å². The normalized spacial score (nSPS) is 20.4. The van der Waals surface area contributed by atoms with Crippen LogP contribution in [0.3, 0.4) is 0 Å². The smallest absolute Gasteiger partial charge is 0.197 e. The SMILES string of the molecule is Cc1cc(Cl)cc2nc(CC3COCCN3)oc12. The molecule has 18 heavy (non-hydrogen) atoms. The summed E-state index contributed by atoms with van der Waals surface area (Å²) in [5.74, 6) is 0.735. The van der Waals surface area contributed by atoms with Crippen LogP contribution < -0.4 is 5.32 Å². The number of morpholine rings is 1. The summed E-state index contributed by atoms with van der Waals surface area (Å²) < 4.78 is 11.2. The summed E-state index contributed by atoms with van der Waals surface area (Å²) in [6.07, 6.45) is 0.742. The Morgan fingerprint density at radius 2 is 2.39 bits per heavy atom. The molecule has 1 fully saturated rings. The van der Waals surface area contributed by atoms with Crippen molar-refractivity contribution in [1.82, 2.24) is 10.3 Å². The maximum atomic E-state index is 6.01. The first-order valence-electron chi connectivity index (χ1n) is 6.09. The molecule has 0 saturated carbocycles. The number of fused-ring (bicyclic) bond motifs is 1. The number of benzene rings is 1. The summed E-state index contributed by atoms with van der Waals surface area (Å²) in [6.45, 7) is 4.35. The second-order valence-corrected chi connectivity index (χ2v) is 5.05. The summed E-state index contributed by atoms with van der Waals surface area (Å²) in [5, 5.41) is 4.08. The minimum atomic E-state index is 0.280. The molecule has 1 aromatic carbocycles. The van der Waals surface area contributed by atoms with Crippen molar-refractivity contribution in [3.05, 3.63) is 28.6 Å². The molecule has 96 valence electrons. The average Bonchev–Trinajstić information content (AvgIpc) is 2.73. The standard InChI is InChI=1S/C13H15ClN2O2/c1-8-4-9(14)5-11-13(8)18-12(16-11)6-10-7-17-3-2-15-10/h4-5,10,15H,2-3,6-7H2,1H3. The van der Waals surface area contributed by atoms with Crippen molar-refractivity contribution in [2.75, 3.05) is 19.8 Å². The summed E-state index contributed by atoms with van der Waals surface area (Å²) in [4.78, 5) is 4.48. The van der Waals surface area contributed by atoms with Crippen molar-refractivity contribution >= 4 is 22.7 Å². The summed E-state index contributed by atoms with van der Waals surface area (Å²) in [5.41, 5.74) is 2.67. The van der Waals surface area contributed by atoms with Crippen molar-refractivity contribution in [3.8, 4) is 0 Å². The molecule has 2 aromatic rings. The lowest BCUT2D eigenvalue weighted by atomic mass is 10.2. The minimum Gasteiger partial charge on any atom is -0.440 e. The Bertz CT molecular complexity index is 561. The Labute approximate surface area is 110 Å². The van der Waals surface area contributed by atoms with E-state index in [1.807, 2.05) is 19.1 Å². The second kappa shape index (κ2) is 4.88. The molecule has 0 spiro atoms. The fourth-order valence-corrected chi connectivity index (χ4v) is 2.52. The number of hydrogen-bond acceptors (Lipinski definition) is 4. The number of rotatable bonds is 2. The van der Waals surface area contributed by atoms with Crippen molar-refractivity contribution in [2.45, 2.75) is 19.4 Å². The van der Waals surface area contributed by atoms with Gasteiger partial charge in [-0.15, -0.1) is 0 Å². The van der Waals surface area contributed by atoms with Crippen LogP contribution in [0.25, 0.3) is 11.1 Å². The van der Waals surface area contributed by atoms with E-state index in [2.05, 4.69) is 10.3 Å². The number of aryl methyl sites for hydroxylation is 1. The van der Waals surface area contributed by atoms with Crippen LogP contribution in [0.15, 0.2) is 16.5 Å². The van der Waals surface area contributed by atoms with Gasteiger partial charge in [0.05, 0.1) is 13.2 Å². The first-order valence-corrected chi connectivity index (χ1v) is 6.47. The van der Waals surface area contributed by atoms with Crippen LogP contribution in [-0.2, 0) is 11.2 Å². The fourth-order valence-electron chi connectivity index (χ4n) is 2.25. The highest BCUT2D eigenvalue weighted by atomic mass is 35.5. The van der Waals surface area contributed by atoms with E-state index in [-0.39, 0.29) is 6.04 Å². The van der Waals surface area contributed by atoms with Gasteiger partial charge in [0.15, 0.2) is 11.5 Å². The first kappa shape index (κ1) is 12.0. The third-order valence-corrected chi connectivity index (χ3v) is 3.32. The number of nitrogens with zero attached hydrogens (tertiary/aromatic N) is 1. The molecule has 4 nitrogen and oxygen atoms in total. The largest absolute Gasteiger partial charge is 0.440 e. The van der Waals surface area contributed by atoms with E-state index in [0.29, 0.717) is 11.6 Å². The molecule has 1 N–H and O–H groups in total. The van der Waals surface area contributed by atoms with Gasteiger partial charge < -0.3 is 14.5 Å². The predicted octanol–water partition coefficient (Wildman–Crippen LogP) is 2.32. The first-order chi connectivity index (χ1) is 8.72. The monoisotopic (exact) mass is 266 g/mol. The Kier molecular flexibility index (Phi) is 3.24. The molecule has 1 unspecified atom stereocenters. The highest BCUT2D eigenvalue weighted by Gasteiger charge is 2.17. The van der Waals surface area contributed by atoms with Gasteiger partial charge in [-0.25, -0.2) is 4.98 Å². The highest BCUT2D eigenvalue weighted by Crippen LogP contribution is 2.24. The molecule has 3 rings (SSSR count). The molecule has 1 saturated heterocycles. The summed E-state index contributed by atoms with van der Waals surface area (Å²) in [6, 6.07) is 4.00. The van der Waals surface area contributed by atoms with E-state index in [1.165, 1.54) is 0 Å². The van der Waals surface area contributed by atoms with E-state index < -0.39 is 0 Å². The topological polar surface area (TPSA) is 47.3 Å². The molecule has 0 bridgehead atoms. The number of aromatic nitrogens is 1. The highest BCUT2D eigenvalue weighted by molar-refractivity contribution is 6.31. The van der Waals surface area contributed by atoms with Gasteiger partial charge in [-0.1, -0.05) is 11.6 Å². The Hall–Kier alpha value is -1.10. The predicted molar refractivity (Wildman–Crippen MR) is 70.1 cm³/mol. The van der Waals surface area contributed by atoms with Crippen LogP contribution in [0.5, 0.6) is 0 Å². The van der Waals surface area contributed by atoms with Crippen molar-refractivity contribution in [2.24, 2.45) is 0 Å². The van der Waals surface area contributed by atoms with Gasteiger partial charge in [0, 0.05) is 24.0 Å².